The fraction of sp³-hybridized carbons (Fsp3) is 0.444. The maximum absolute atomic E-state index is 12.3. The fourth-order valence-electron chi connectivity index (χ4n) is 3.08. The summed E-state index contributed by atoms with van der Waals surface area (Å²) in [4.78, 5) is 12.8. The van der Waals surface area contributed by atoms with Crippen LogP contribution in [0.5, 0.6) is 5.75 Å². The van der Waals surface area contributed by atoms with E-state index in [1.54, 1.807) is 39.5 Å². The first-order valence-electron chi connectivity index (χ1n) is 8.67. The van der Waals surface area contributed by atoms with Crippen molar-refractivity contribution in [2.45, 2.75) is 6.04 Å². The Morgan fingerprint density at radius 1 is 1.41 bits per heavy atom. The predicted molar refractivity (Wildman–Crippen MR) is 109 cm³/mol. The summed E-state index contributed by atoms with van der Waals surface area (Å²) >= 11 is 6.24. The van der Waals surface area contributed by atoms with E-state index in [1.165, 1.54) is 4.31 Å². The Kier molecular flexibility index (Phi) is 8.03. The Morgan fingerprint density at radius 2 is 2.10 bits per heavy atom. The summed E-state index contributed by atoms with van der Waals surface area (Å²) in [5, 5.41) is 7.38. The monoisotopic (exact) mass is 445 g/mol. The van der Waals surface area contributed by atoms with Gasteiger partial charge in [0.2, 0.25) is 10.0 Å². The zero-order chi connectivity index (χ0) is 21.6. The largest absolute Gasteiger partial charge is 0.495 e. The number of ether oxygens (including phenoxy) is 2. The molecule has 0 spiro atoms. The van der Waals surface area contributed by atoms with Gasteiger partial charge in [-0.05, 0) is 18.2 Å². The molecule has 0 radical (unpaired) electrons. The quantitative estimate of drug-likeness (QED) is 0.677. The minimum absolute atomic E-state index is 0.0334. The lowest BCUT2D eigenvalue weighted by molar-refractivity contribution is -0.122. The van der Waals surface area contributed by atoms with Crippen LogP contribution in [-0.4, -0.2) is 74.0 Å². The van der Waals surface area contributed by atoms with Gasteiger partial charge in [-0.25, -0.2) is 17.7 Å². The van der Waals surface area contributed by atoms with E-state index in [2.05, 4.69) is 4.98 Å². The number of methoxy groups -OCH3 is 1. The van der Waals surface area contributed by atoms with Crippen LogP contribution in [0, 0.1) is 5.92 Å². The van der Waals surface area contributed by atoms with Crippen LogP contribution < -0.4 is 4.74 Å². The zero-order valence-electron chi connectivity index (χ0n) is 16.4. The molecule has 0 aliphatic carbocycles. The van der Waals surface area contributed by atoms with Crippen molar-refractivity contribution in [1.82, 2.24) is 13.9 Å². The minimum atomic E-state index is -3.32. The summed E-state index contributed by atoms with van der Waals surface area (Å²) in [5.74, 6) is 1.19. The molecule has 11 heteroatoms. The second-order valence-electron chi connectivity index (χ2n) is 6.54. The highest BCUT2D eigenvalue weighted by molar-refractivity contribution is 7.89. The molecule has 1 aliphatic heterocycles. The SMILES string of the molecule is COc1ccc(-c2nccn2[C@@H]2COC[C@@H]2CS(=O)(=O)N(C)C)cc1Cl.O=CO. The van der Waals surface area contributed by atoms with Crippen molar-refractivity contribution in [2.75, 3.05) is 40.2 Å². The predicted octanol–water partition coefficient (Wildman–Crippen LogP) is 1.99. The summed E-state index contributed by atoms with van der Waals surface area (Å²) in [6.07, 6.45) is 3.55. The highest BCUT2D eigenvalue weighted by atomic mass is 35.5. The Morgan fingerprint density at radius 3 is 2.69 bits per heavy atom. The lowest BCUT2D eigenvalue weighted by Gasteiger charge is -2.22. The first kappa shape index (κ1) is 23.1. The molecule has 1 N–H and O–H groups in total. The standard InChI is InChI=1S/C17H22ClN3O4S.CH2O2/c1-20(2)26(22,23)11-13-9-25-10-15(13)21-7-6-19-17(21)12-4-5-16(24-3)14(18)8-12;2-1-3/h4-8,13,15H,9-11H2,1-3H3;1H,(H,2,3)/t13-,15-;/m1./s1. The third-order valence-electron chi connectivity index (χ3n) is 4.58. The second kappa shape index (κ2) is 10.1. The number of hydrogen-bond donors (Lipinski definition) is 1. The van der Waals surface area contributed by atoms with E-state index in [0.29, 0.717) is 24.0 Å². The van der Waals surface area contributed by atoms with Gasteiger partial charge in [0.25, 0.3) is 6.47 Å². The van der Waals surface area contributed by atoms with Crippen LogP contribution >= 0.6 is 11.6 Å². The number of imidazole rings is 1. The van der Waals surface area contributed by atoms with E-state index >= 15 is 0 Å². The molecule has 2 heterocycles. The van der Waals surface area contributed by atoms with E-state index in [-0.39, 0.29) is 24.2 Å². The van der Waals surface area contributed by atoms with Gasteiger partial charge >= 0.3 is 0 Å². The summed E-state index contributed by atoms with van der Waals surface area (Å²) in [6, 6.07) is 5.35. The van der Waals surface area contributed by atoms with Gasteiger partial charge in [0.05, 0.1) is 37.1 Å². The number of sulfonamides is 1. The fourth-order valence-corrected chi connectivity index (χ4v) is 4.50. The highest BCUT2D eigenvalue weighted by Crippen LogP contribution is 2.34. The first-order chi connectivity index (χ1) is 13.7. The van der Waals surface area contributed by atoms with Crippen LogP contribution in [0.25, 0.3) is 11.4 Å². The zero-order valence-corrected chi connectivity index (χ0v) is 17.9. The smallest absolute Gasteiger partial charge is 0.290 e. The molecule has 3 rings (SSSR count). The lowest BCUT2D eigenvalue weighted by Crippen LogP contribution is -2.32. The van der Waals surface area contributed by atoms with Crippen LogP contribution in [0.4, 0.5) is 0 Å². The summed E-state index contributed by atoms with van der Waals surface area (Å²) in [6.45, 7) is 0.597. The number of aromatic nitrogens is 2. The number of carbonyl (C=O) groups is 1. The highest BCUT2D eigenvalue weighted by Gasteiger charge is 2.35. The van der Waals surface area contributed by atoms with Crippen molar-refractivity contribution in [3.63, 3.8) is 0 Å². The van der Waals surface area contributed by atoms with Crippen molar-refractivity contribution in [3.8, 4) is 17.1 Å². The number of rotatable bonds is 6. The van der Waals surface area contributed by atoms with Crippen molar-refractivity contribution in [3.05, 3.63) is 35.6 Å². The number of hydrogen-bond acceptors (Lipinski definition) is 6. The Labute approximate surface area is 174 Å². The van der Waals surface area contributed by atoms with Crippen LogP contribution in [0.15, 0.2) is 30.6 Å². The van der Waals surface area contributed by atoms with Crippen LogP contribution in [0.3, 0.4) is 0 Å². The third-order valence-corrected chi connectivity index (χ3v) is 6.84. The van der Waals surface area contributed by atoms with Gasteiger partial charge < -0.3 is 19.1 Å². The molecular weight excluding hydrogens is 422 g/mol. The number of benzene rings is 1. The van der Waals surface area contributed by atoms with E-state index in [9.17, 15) is 8.42 Å². The molecule has 2 atom stereocenters. The maximum atomic E-state index is 12.3. The van der Waals surface area contributed by atoms with Crippen molar-refractivity contribution >= 4 is 28.1 Å². The molecule has 2 aromatic rings. The first-order valence-corrected chi connectivity index (χ1v) is 10.7. The average Bonchev–Trinajstić information content (AvgIpc) is 3.30. The second-order valence-corrected chi connectivity index (χ2v) is 9.17. The van der Waals surface area contributed by atoms with Crippen LogP contribution in [-0.2, 0) is 19.6 Å². The number of nitrogens with zero attached hydrogens (tertiary/aromatic N) is 3. The van der Waals surface area contributed by atoms with Gasteiger partial charge in [0, 0.05) is 38.0 Å². The lowest BCUT2D eigenvalue weighted by atomic mass is 10.1. The van der Waals surface area contributed by atoms with Gasteiger partial charge in [-0.15, -0.1) is 0 Å². The molecular formula is C18H24ClN3O6S. The molecule has 1 saturated heterocycles. The molecule has 0 amide bonds. The molecule has 1 aliphatic rings. The van der Waals surface area contributed by atoms with Gasteiger partial charge in [-0.1, -0.05) is 11.6 Å². The maximum Gasteiger partial charge on any atom is 0.290 e. The van der Waals surface area contributed by atoms with Crippen LogP contribution in [0.1, 0.15) is 6.04 Å². The molecule has 160 valence electrons. The van der Waals surface area contributed by atoms with Crippen molar-refractivity contribution < 1.29 is 27.8 Å². The molecule has 1 fully saturated rings. The van der Waals surface area contributed by atoms with E-state index < -0.39 is 10.0 Å². The molecule has 1 aromatic carbocycles. The number of carboxylic acid groups (broad SMARTS) is 1. The average molecular weight is 446 g/mol. The minimum Gasteiger partial charge on any atom is -0.495 e. The molecule has 0 saturated carbocycles. The van der Waals surface area contributed by atoms with Crippen molar-refractivity contribution in [2.24, 2.45) is 5.92 Å². The summed E-state index contributed by atoms with van der Waals surface area (Å²) in [7, 11) is 1.33. The molecule has 0 unspecified atom stereocenters. The van der Waals surface area contributed by atoms with E-state index in [0.717, 1.165) is 11.4 Å². The molecule has 1 aromatic heterocycles. The Hall–Kier alpha value is -2.14. The summed E-state index contributed by atoms with van der Waals surface area (Å²) in [5.41, 5.74) is 0.835. The molecule has 29 heavy (non-hydrogen) atoms. The third kappa shape index (κ3) is 5.47. The van der Waals surface area contributed by atoms with Gasteiger partial charge in [-0.2, -0.15) is 0 Å². The topological polar surface area (TPSA) is 111 Å². The van der Waals surface area contributed by atoms with Gasteiger partial charge in [0.15, 0.2) is 0 Å². The van der Waals surface area contributed by atoms with Gasteiger partial charge in [-0.3, -0.25) is 4.79 Å². The van der Waals surface area contributed by atoms with Crippen molar-refractivity contribution in [1.29, 1.82) is 0 Å². The normalized spacial score (nSPS) is 18.9. The Bertz CT molecular complexity index is 931. The number of halogens is 1. The molecule has 9 nitrogen and oxygen atoms in total. The van der Waals surface area contributed by atoms with E-state index in [4.69, 9.17) is 31.0 Å². The van der Waals surface area contributed by atoms with Crippen LogP contribution in [0.2, 0.25) is 5.02 Å². The van der Waals surface area contributed by atoms with E-state index in [1.807, 2.05) is 16.8 Å². The molecule has 0 bridgehead atoms. The Balaban J connectivity index is 0.000000941. The van der Waals surface area contributed by atoms with Gasteiger partial charge in [0.1, 0.15) is 11.6 Å². The summed E-state index contributed by atoms with van der Waals surface area (Å²) < 4.78 is 38.6.